The molecule has 0 aliphatic heterocycles. The summed E-state index contributed by atoms with van der Waals surface area (Å²) in [6.45, 7) is 0. The van der Waals surface area contributed by atoms with Crippen LogP contribution in [0.1, 0.15) is 44.5 Å². The third-order valence-electron chi connectivity index (χ3n) is 16.1. The fourth-order valence-corrected chi connectivity index (χ4v) is 12.9. The molecule has 2 aliphatic carbocycles. The highest BCUT2D eigenvalue weighted by Gasteiger charge is 2.48. The molecular formula is C74H51N. The van der Waals surface area contributed by atoms with Gasteiger partial charge in [0.25, 0.3) is 0 Å². The van der Waals surface area contributed by atoms with Crippen molar-refractivity contribution in [3.8, 4) is 55.6 Å². The topological polar surface area (TPSA) is 3.24 Å². The first-order valence-electron chi connectivity index (χ1n) is 26.1. The van der Waals surface area contributed by atoms with Gasteiger partial charge in [-0.1, -0.05) is 273 Å². The predicted octanol–water partition coefficient (Wildman–Crippen LogP) is 18.9. The molecule has 0 saturated carbocycles. The van der Waals surface area contributed by atoms with Gasteiger partial charge in [0.2, 0.25) is 0 Å². The van der Waals surface area contributed by atoms with E-state index in [1.54, 1.807) is 0 Å². The third kappa shape index (κ3) is 6.93. The van der Waals surface area contributed by atoms with Gasteiger partial charge in [0.1, 0.15) is 0 Å². The van der Waals surface area contributed by atoms with Crippen LogP contribution in [0.2, 0.25) is 0 Å². The van der Waals surface area contributed by atoms with Crippen LogP contribution in [0.4, 0.5) is 17.1 Å². The minimum atomic E-state index is -0.535. The van der Waals surface area contributed by atoms with E-state index in [1.807, 2.05) is 0 Å². The highest BCUT2D eigenvalue weighted by molar-refractivity contribution is 5.98. The van der Waals surface area contributed by atoms with Crippen molar-refractivity contribution in [2.45, 2.75) is 10.8 Å². The Kier molecular flexibility index (Phi) is 10.7. The Labute approximate surface area is 440 Å². The van der Waals surface area contributed by atoms with Crippen LogP contribution in [0.15, 0.2) is 309 Å². The van der Waals surface area contributed by atoms with Crippen LogP contribution in [-0.2, 0) is 10.8 Å². The van der Waals surface area contributed by atoms with Crippen molar-refractivity contribution in [3.63, 3.8) is 0 Å². The van der Waals surface area contributed by atoms with E-state index in [0.717, 1.165) is 22.6 Å². The van der Waals surface area contributed by atoms with Crippen molar-refractivity contribution in [2.24, 2.45) is 0 Å². The fourth-order valence-electron chi connectivity index (χ4n) is 12.9. The number of fused-ring (bicyclic) bond motifs is 6. The second-order valence-corrected chi connectivity index (χ2v) is 19.9. The average molecular weight is 954 g/mol. The molecule has 0 amide bonds. The average Bonchev–Trinajstić information content (AvgIpc) is 4.04. The number of nitrogens with zero attached hydrogens (tertiary/aromatic N) is 1. The van der Waals surface area contributed by atoms with Crippen LogP contribution in [0.3, 0.4) is 0 Å². The van der Waals surface area contributed by atoms with Crippen molar-refractivity contribution in [1.82, 2.24) is 0 Å². The SMILES string of the molecule is c1ccc(-c2ccccc2-c2ccc(N(c3ccc(-c4ccc5c(c4)C(c4ccccc4)(c4ccccc4)c4ccccc4-5)cc3)c3cccc4c3-c3ccccc3C4(c3ccccc3)c3ccccc3)cc2)cc1. The van der Waals surface area contributed by atoms with E-state index < -0.39 is 10.8 Å². The molecule has 12 aromatic carbocycles. The number of benzene rings is 12. The van der Waals surface area contributed by atoms with Gasteiger partial charge in [0.05, 0.1) is 16.5 Å². The zero-order chi connectivity index (χ0) is 49.8. The molecule has 75 heavy (non-hydrogen) atoms. The molecule has 1 heteroatoms. The zero-order valence-corrected chi connectivity index (χ0v) is 41.4. The minimum Gasteiger partial charge on any atom is -0.310 e. The number of hydrogen-bond acceptors (Lipinski definition) is 1. The molecule has 0 aromatic heterocycles. The van der Waals surface area contributed by atoms with E-state index in [9.17, 15) is 0 Å². The summed E-state index contributed by atoms with van der Waals surface area (Å²) in [4.78, 5) is 2.48. The summed E-state index contributed by atoms with van der Waals surface area (Å²) in [7, 11) is 0. The lowest BCUT2D eigenvalue weighted by Crippen LogP contribution is -2.28. The van der Waals surface area contributed by atoms with Gasteiger partial charge in [0, 0.05) is 16.9 Å². The van der Waals surface area contributed by atoms with Gasteiger partial charge in [-0.05, 0) is 131 Å². The molecule has 0 unspecified atom stereocenters. The molecule has 12 aromatic rings. The van der Waals surface area contributed by atoms with Crippen LogP contribution in [-0.4, -0.2) is 0 Å². The summed E-state index contributed by atoms with van der Waals surface area (Å²) in [6.07, 6.45) is 0. The van der Waals surface area contributed by atoms with E-state index in [0.29, 0.717) is 0 Å². The van der Waals surface area contributed by atoms with Crippen molar-refractivity contribution < 1.29 is 0 Å². The minimum absolute atomic E-state index is 0.479. The lowest BCUT2D eigenvalue weighted by molar-refractivity contribution is 0.768. The van der Waals surface area contributed by atoms with Crippen LogP contribution in [0.5, 0.6) is 0 Å². The van der Waals surface area contributed by atoms with Gasteiger partial charge >= 0.3 is 0 Å². The van der Waals surface area contributed by atoms with Gasteiger partial charge in [-0.3, -0.25) is 0 Å². The standard InChI is InChI=1S/C74H51N/c1-6-23-53(24-7-1)62-33-16-17-34-63(62)54-43-48-61(49-44-54)75(71-40-22-39-69-72(71)66-36-19-21-38-68(66)73(69,56-25-8-2-9-26-56)57-27-10-3-11-28-57)60-46-41-52(42-47-60)55-45-50-65-64-35-18-20-37-67(64)74(70(65)51-55,58-29-12-4-13-30-58)59-31-14-5-15-32-59/h1-51H. The maximum absolute atomic E-state index is 2.48. The Morgan fingerprint density at radius 3 is 1.09 bits per heavy atom. The molecule has 0 spiro atoms. The fraction of sp³-hybridized carbons (Fsp3) is 0.0270. The van der Waals surface area contributed by atoms with E-state index in [-0.39, 0.29) is 0 Å². The smallest absolute Gasteiger partial charge is 0.0714 e. The molecule has 14 rings (SSSR count). The monoisotopic (exact) mass is 953 g/mol. The Balaban J connectivity index is 0.949. The number of anilines is 3. The Bertz CT molecular complexity index is 3940. The number of hydrogen-bond donors (Lipinski definition) is 0. The molecule has 1 nitrogen and oxygen atoms in total. The normalized spacial score (nSPS) is 13.3. The molecule has 2 aliphatic rings. The van der Waals surface area contributed by atoms with Crippen molar-refractivity contribution in [2.75, 3.05) is 4.90 Å². The molecule has 0 heterocycles. The summed E-state index contributed by atoms with van der Waals surface area (Å²) in [5, 5.41) is 0. The van der Waals surface area contributed by atoms with Crippen molar-refractivity contribution in [1.29, 1.82) is 0 Å². The summed E-state index contributed by atoms with van der Waals surface area (Å²) >= 11 is 0. The predicted molar refractivity (Wildman–Crippen MR) is 312 cm³/mol. The molecule has 0 atom stereocenters. The maximum atomic E-state index is 2.48. The van der Waals surface area contributed by atoms with E-state index in [4.69, 9.17) is 0 Å². The first kappa shape index (κ1) is 44.2. The number of rotatable bonds is 10. The Morgan fingerprint density at radius 1 is 0.213 bits per heavy atom. The molecule has 0 bridgehead atoms. The van der Waals surface area contributed by atoms with Gasteiger partial charge in [-0.15, -0.1) is 0 Å². The van der Waals surface area contributed by atoms with Crippen molar-refractivity contribution in [3.05, 3.63) is 354 Å². The van der Waals surface area contributed by atoms with Crippen LogP contribution < -0.4 is 4.90 Å². The highest BCUT2D eigenvalue weighted by Crippen LogP contribution is 2.60. The summed E-state index contributed by atoms with van der Waals surface area (Å²) in [5.74, 6) is 0. The van der Waals surface area contributed by atoms with E-state index in [2.05, 4.69) is 314 Å². The van der Waals surface area contributed by atoms with Crippen LogP contribution in [0, 0.1) is 0 Å². The molecule has 352 valence electrons. The molecule has 0 N–H and O–H groups in total. The van der Waals surface area contributed by atoms with Crippen LogP contribution >= 0.6 is 0 Å². The van der Waals surface area contributed by atoms with Crippen LogP contribution in [0.25, 0.3) is 55.6 Å². The van der Waals surface area contributed by atoms with Gasteiger partial charge in [0.15, 0.2) is 0 Å². The second kappa shape index (κ2) is 18.2. The highest BCUT2D eigenvalue weighted by atomic mass is 15.1. The van der Waals surface area contributed by atoms with E-state index in [1.165, 1.54) is 94.6 Å². The molecular weight excluding hydrogens is 903 g/mol. The first-order valence-corrected chi connectivity index (χ1v) is 26.1. The van der Waals surface area contributed by atoms with Gasteiger partial charge in [-0.2, -0.15) is 0 Å². The summed E-state index contributed by atoms with van der Waals surface area (Å²) in [5.41, 5.74) is 24.7. The van der Waals surface area contributed by atoms with Gasteiger partial charge in [-0.25, -0.2) is 0 Å². The maximum Gasteiger partial charge on any atom is 0.0714 e. The largest absolute Gasteiger partial charge is 0.310 e. The Morgan fingerprint density at radius 2 is 0.573 bits per heavy atom. The third-order valence-corrected chi connectivity index (χ3v) is 16.1. The second-order valence-electron chi connectivity index (χ2n) is 19.9. The molecule has 0 radical (unpaired) electrons. The molecule has 0 fully saturated rings. The first-order chi connectivity index (χ1) is 37.2. The summed E-state index contributed by atoms with van der Waals surface area (Å²) in [6, 6.07) is 114. The van der Waals surface area contributed by atoms with Gasteiger partial charge < -0.3 is 4.90 Å². The lowest BCUT2D eigenvalue weighted by Gasteiger charge is -2.34. The summed E-state index contributed by atoms with van der Waals surface area (Å²) < 4.78 is 0. The zero-order valence-electron chi connectivity index (χ0n) is 41.4. The quantitative estimate of drug-likeness (QED) is 0.132. The van der Waals surface area contributed by atoms with E-state index >= 15 is 0 Å². The lowest BCUT2D eigenvalue weighted by atomic mass is 9.67. The molecule has 0 saturated heterocycles. The Hall–Kier alpha value is -9.56. The van der Waals surface area contributed by atoms with Crippen molar-refractivity contribution >= 4 is 17.1 Å².